The molecule has 10 heteroatoms. The van der Waals surface area contributed by atoms with E-state index in [0.29, 0.717) is 10.2 Å². The average molecular weight is 679 g/mol. The lowest BCUT2D eigenvalue weighted by molar-refractivity contribution is -0.139. The predicted molar refractivity (Wildman–Crippen MR) is 162 cm³/mol. The zero-order valence-electron chi connectivity index (χ0n) is 22.4. The number of carbonyl (C=O) groups excluding carboxylic acids is 2. The van der Waals surface area contributed by atoms with Crippen LogP contribution in [0.15, 0.2) is 86.6 Å². The standard InChI is InChI=1S/C29H33Br2N3O4S/c1-5-21(3)32-29(36)22(4)33(18-23-8-6-9-24(30)16-23)28(35)19-34(26-11-7-10-25(31)17-26)39(37,38)27-14-12-20(2)13-15-27/h6-17,21-22H,5,18-19H2,1-4H3,(H,32,36)/t21-,22-/m0/s1. The smallest absolute Gasteiger partial charge is 0.264 e. The summed E-state index contributed by atoms with van der Waals surface area (Å²) in [6.45, 7) is 7.04. The van der Waals surface area contributed by atoms with Crippen LogP contribution < -0.4 is 9.62 Å². The maximum atomic E-state index is 14.0. The van der Waals surface area contributed by atoms with Crippen molar-refractivity contribution in [3.63, 3.8) is 0 Å². The van der Waals surface area contributed by atoms with E-state index >= 15 is 0 Å². The van der Waals surface area contributed by atoms with Crippen LogP contribution in [0.25, 0.3) is 0 Å². The normalized spacial score (nSPS) is 12.9. The quantitative estimate of drug-likeness (QED) is 0.268. The van der Waals surface area contributed by atoms with E-state index < -0.39 is 28.5 Å². The summed E-state index contributed by atoms with van der Waals surface area (Å²) in [6, 6.07) is 19.8. The van der Waals surface area contributed by atoms with Crippen LogP contribution in [0.2, 0.25) is 0 Å². The number of rotatable bonds is 11. The fourth-order valence-corrected chi connectivity index (χ4v) is 6.12. The molecule has 3 rings (SSSR count). The summed E-state index contributed by atoms with van der Waals surface area (Å²) in [7, 11) is -4.11. The molecule has 0 unspecified atom stereocenters. The third-order valence-electron chi connectivity index (χ3n) is 6.39. The van der Waals surface area contributed by atoms with Gasteiger partial charge in [-0.2, -0.15) is 0 Å². The van der Waals surface area contributed by atoms with Gasteiger partial charge in [-0.1, -0.05) is 74.7 Å². The summed E-state index contributed by atoms with van der Waals surface area (Å²) in [5.41, 5.74) is 2.05. The van der Waals surface area contributed by atoms with Crippen LogP contribution in [-0.4, -0.2) is 43.8 Å². The van der Waals surface area contributed by atoms with Crippen molar-refractivity contribution in [3.8, 4) is 0 Å². The van der Waals surface area contributed by atoms with Crippen molar-refractivity contribution in [3.05, 3.63) is 92.9 Å². The van der Waals surface area contributed by atoms with Gasteiger partial charge in [-0.25, -0.2) is 8.42 Å². The Bertz CT molecular complexity index is 1410. The zero-order valence-corrected chi connectivity index (χ0v) is 26.4. The second-order valence-corrected chi connectivity index (χ2v) is 13.1. The minimum Gasteiger partial charge on any atom is -0.352 e. The van der Waals surface area contributed by atoms with Crippen molar-refractivity contribution >= 4 is 59.4 Å². The number of amides is 2. The molecule has 0 aliphatic rings. The van der Waals surface area contributed by atoms with Crippen molar-refractivity contribution in [1.82, 2.24) is 10.2 Å². The Kier molecular flexibility index (Phi) is 10.7. The molecule has 0 heterocycles. The molecule has 1 N–H and O–H groups in total. The second kappa shape index (κ2) is 13.6. The molecule has 0 saturated carbocycles. The van der Waals surface area contributed by atoms with Crippen molar-refractivity contribution in [2.24, 2.45) is 0 Å². The minimum absolute atomic E-state index is 0.0668. The Balaban J connectivity index is 2.03. The lowest BCUT2D eigenvalue weighted by Gasteiger charge is -2.32. The highest BCUT2D eigenvalue weighted by molar-refractivity contribution is 9.10. The number of sulfonamides is 1. The number of hydrogen-bond acceptors (Lipinski definition) is 4. The molecular weight excluding hydrogens is 646 g/mol. The maximum absolute atomic E-state index is 14.0. The molecule has 0 fully saturated rings. The lowest BCUT2D eigenvalue weighted by atomic mass is 10.1. The fraction of sp³-hybridized carbons (Fsp3) is 0.310. The molecule has 2 amide bonds. The third-order valence-corrected chi connectivity index (χ3v) is 9.17. The highest BCUT2D eigenvalue weighted by Gasteiger charge is 2.32. The Morgan fingerprint density at radius 1 is 0.923 bits per heavy atom. The van der Waals surface area contributed by atoms with E-state index in [-0.39, 0.29) is 23.4 Å². The van der Waals surface area contributed by atoms with E-state index in [0.717, 1.165) is 26.3 Å². The molecule has 0 aliphatic carbocycles. The van der Waals surface area contributed by atoms with Crippen LogP contribution in [0, 0.1) is 6.92 Å². The van der Waals surface area contributed by atoms with E-state index in [9.17, 15) is 18.0 Å². The van der Waals surface area contributed by atoms with E-state index in [1.165, 1.54) is 17.0 Å². The number of nitrogens with zero attached hydrogens (tertiary/aromatic N) is 2. The summed E-state index contributed by atoms with van der Waals surface area (Å²) in [4.78, 5) is 28.6. The van der Waals surface area contributed by atoms with Crippen LogP contribution in [0.3, 0.4) is 0 Å². The zero-order chi connectivity index (χ0) is 28.7. The van der Waals surface area contributed by atoms with Gasteiger partial charge in [0.05, 0.1) is 10.6 Å². The molecule has 0 bridgehead atoms. The number of aryl methyl sites for hydroxylation is 1. The van der Waals surface area contributed by atoms with Gasteiger partial charge >= 0.3 is 0 Å². The van der Waals surface area contributed by atoms with Crippen LogP contribution >= 0.6 is 31.9 Å². The van der Waals surface area contributed by atoms with Crippen molar-refractivity contribution in [1.29, 1.82) is 0 Å². The van der Waals surface area contributed by atoms with E-state index in [4.69, 9.17) is 0 Å². The Hall–Kier alpha value is -2.69. The summed E-state index contributed by atoms with van der Waals surface area (Å²) < 4.78 is 30.3. The second-order valence-electron chi connectivity index (χ2n) is 9.45. The minimum atomic E-state index is -4.11. The van der Waals surface area contributed by atoms with Crippen LogP contribution in [0.1, 0.15) is 38.3 Å². The molecular formula is C29H33Br2N3O4S. The van der Waals surface area contributed by atoms with Gasteiger partial charge in [0.25, 0.3) is 10.0 Å². The first-order valence-corrected chi connectivity index (χ1v) is 15.6. The monoisotopic (exact) mass is 677 g/mol. The van der Waals surface area contributed by atoms with Crippen LogP contribution in [-0.2, 0) is 26.2 Å². The first kappa shape index (κ1) is 30.8. The first-order chi connectivity index (χ1) is 18.4. The molecule has 39 heavy (non-hydrogen) atoms. The summed E-state index contributed by atoms with van der Waals surface area (Å²) in [5, 5.41) is 2.94. The van der Waals surface area contributed by atoms with E-state index in [1.807, 2.05) is 45.0 Å². The number of nitrogens with one attached hydrogen (secondary N) is 1. The van der Waals surface area contributed by atoms with Gasteiger partial charge in [0.15, 0.2) is 0 Å². The van der Waals surface area contributed by atoms with Gasteiger partial charge in [-0.3, -0.25) is 13.9 Å². The SMILES string of the molecule is CC[C@H](C)NC(=O)[C@H](C)N(Cc1cccc(Br)c1)C(=O)CN(c1cccc(Br)c1)S(=O)(=O)c1ccc(C)cc1. The van der Waals surface area contributed by atoms with Gasteiger partial charge in [-0.05, 0) is 75.2 Å². The Labute approximate surface area is 247 Å². The molecule has 0 saturated heterocycles. The topological polar surface area (TPSA) is 86.8 Å². The first-order valence-electron chi connectivity index (χ1n) is 12.6. The molecule has 3 aromatic carbocycles. The molecule has 0 spiro atoms. The maximum Gasteiger partial charge on any atom is 0.264 e. The van der Waals surface area contributed by atoms with Crippen LogP contribution in [0.5, 0.6) is 0 Å². The van der Waals surface area contributed by atoms with Crippen LogP contribution in [0.4, 0.5) is 5.69 Å². The van der Waals surface area contributed by atoms with Gasteiger partial charge in [0.2, 0.25) is 11.8 Å². The van der Waals surface area contributed by atoms with Gasteiger partial charge in [0, 0.05) is 21.5 Å². The fourth-order valence-electron chi connectivity index (χ4n) is 3.88. The molecule has 3 aromatic rings. The number of halogens is 2. The average Bonchev–Trinajstić information content (AvgIpc) is 2.89. The lowest BCUT2D eigenvalue weighted by Crippen LogP contribution is -2.52. The predicted octanol–water partition coefficient (Wildman–Crippen LogP) is 6.05. The van der Waals surface area contributed by atoms with E-state index in [1.54, 1.807) is 43.3 Å². The van der Waals surface area contributed by atoms with Crippen molar-refractivity contribution < 1.29 is 18.0 Å². The van der Waals surface area contributed by atoms with Crippen molar-refractivity contribution in [2.45, 2.75) is 57.6 Å². The molecule has 0 aromatic heterocycles. The summed E-state index contributed by atoms with van der Waals surface area (Å²) >= 11 is 6.86. The molecule has 0 aliphatic heterocycles. The third kappa shape index (κ3) is 8.16. The number of benzene rings is 3. The van der Waals surface area contributed by atoms with Crippen molar-refractivity contribution in [2.75, 3.05) is 10.8 Å². The van der Waals surface area contributed by atoms with E-state index in [2.05, 4.69) is 37.2 Å². The Morgan fingerprint density at radius 2 is 1.54 bits per heavy atom. The highest BCUT2D eigenvalue weighted by atomic mass is 79.9. The number of carbonyl (C=O) groups is 2. The Morgan fingerprint density at radius 3 is 2.13 bits per heavy atom. The molecule has 2 atom stereocenters. The molecule has 7 nitrogen and oxygen atoms in total. The molecule has 208 valence electrons. The largest absolute Gasteiger partial charge is 0.352 e. The number of anilines is 1. The summed E-state index contributed by atoms with van der Waals surface area (Å²) in [6.07, 6.45) is 0.740. The van der Waals surface area contributed by atoms with Gasteiger partial charge in [0.1, 0.15) is 12.6 Å². The summed E-state index contributed by atoms with van der Waals surface area (Å²) in [5.74, 6) is -0.805. The number of hydrogen-bond donors (Lipinski definition) is 1. The van der Waals surface area contributed by atoms with Gasteiger partial charge in [-0.15, -0.1) is 0 Å². The molecule has 0 radical (unpaired) electrons. The highest BCUT2D eigenvalue weighted by Crippen LogP contribution is 2.27. The van der Waals surface area contributed by atoms with Gasteiger partial charge < -0.3 is 10.2 Å².